The van der Waals surface area contributed by atoms with Crippen molar-refractivity contribution in [1.82, 2.24) is 39.8 Å². The zero-order valence-corrected chi connectivity index (χ0v) is 18.4. The van der Waals surface area contributed by atoms with Crippen molar-refractivity contribution in [3.8, 4) is 0 Å². The van der Waals surface area contributed by atoms with E-state index in [9.17, 15) is 4.79 Å². The molecule has 1 aliphatic rings. The van der Waals surface area contributed by atoms with Crippen LogP contribution in [0.25, 0.3) is 5.65 Å². The first-order valence-electron chi connectivity index (χ1n) is 10.9. The van der Waals surface area contributed by atoms with E-state index in [-0.39, 0.29) is 11.9 Å². The number of pyridine rings is 2. The molecule has 1 saturated heterocycles. The number of piperazine rings is 1. The van der Waals surface area contributed by atoms with Crippen LogP contribution in [0.15, 0.2) is 61.3 Å². The second-order valence-electron chi connectivity index (χ2n) is 8.06. The smallest absolute Gasteiger partial charge is 0.252 e. The van der Waals surface area contributed by atoms with Crippen molar-refractivity contribution >= 4 is 17.5 Å². The molecule has 1 aliphatic heterocycles. The molecule has 5 heterocycles. The first-order valence-corrected chi connectivity index (χ1v) is 10.9. The fourth-order valence-corrected chi connectivity index (χ4v) is 4.03. The Kier molecular flexibility index (Phi) is 5.90. The van der Waals surface area contributed by atoms with Gasteiger partial charge in [0.05, 0.1) is 11.6 Å². The first kappa shape index (κ1) is 21.0. The molecule has 5 rings (SSSR count). The summed E-state index contributed by atoms with van der Waals surface area (Å²) in [5.74, 6) is 1.37. The molecular weight excluding hydrogens is 418 g/mol. The van der Waals surface area contributed by atoms with E-state index in [1.54, 1.807) is 24.7 Å². The minimum absolute atomic E-state index is 0.0125. The number of amides is 1. The van der Waals surface area contributed by atoms with Gasteiger partial charge < -0.3 is 10.2 Å². The Bertz CT molecular complexity index is 1230. The molecule has 0 bridgehead atoms. The Morgan fingerprint density at radius 2 is 1.97 bits per heavy atom. The third-order valence-electron chi connectivity index (χ3n) is 5.89. The normalized spacial score (nSPS) is 16.8. The topological polar surface area (TPSA) is 104 Å². The van der Waals surface area contributed by atoms with Gasteiger partial charge in [0.2, 0.25) is 5.95 Å². The SMILES string of the molecule is CN1CCN(c2ncccn2)CC1c1nnc2ccc(C(=O)NCCc3cccnc3)cn12. The maximum atomic E-state index is 12.8. The largest absolute Gasteiger partial charge is 0.352 e. The van der Waals surface area contributed by atoms with Crippen LogP contribution in [0, 0.1) is 0 Å². The fraction of sp³-hybridized carbons (Fsp3) is 0.304. The van der Waals surface area contributed by atoms with Crippen molar-refractivity contribution < 1.29 is 4.79 Å². The number of carbonyl (C=O) groups excluding carboxylic acids is 1. The molecule has 10 heteroatoms. The zero-order valence-electron chi connectivity index (χ0n) is 18.4. The molecule has 0 aromatic carbocycles. The second-order valence-corrected chi connectivity index (χ2v) is 8.06. The number of aromatic nitrogens is 6. The third kappa shape index (κ3) is 4.51. The predicted molar refractivity (Wildman–Crippen MR) is 123 cm³/mol. The van der Waals surface area contributed by atoms with Crippen molar-refractivity contribution in [2.45, 2.75) is 12.5 Å². The number of carbonyl (C=O) groups is 1. The molecular formula is C23H25N9O. The number of fused-ring (bicyclic) bond motifs is 1. The van der Waals surface area contributed by atoms with Gasteiger partial charge in [0.1, 0.15) is 0 Å². The molecule has 1 N–H and O–H groups in total. The van der Waals surface area contributed by atoms with Gasteiger partial charge in [-0.1, -0.05) is 6.07 Å². The summed E-state index contributed by atoms with van der Waals surface area (Å²) in [6, 6.07) is 9.30. The number of nitrogens with zero attached hydrogens (tertiary/aromatic N) is 8. The average molecular weight is 444 g/mol. The minimum atomic E-state index is -0.128. The van der Waals surface area contributed by atoms with Gasteiger partial charge in [-0.15, -0.1) is 10.2 Å². The molecule has 1 fully saturated rings. The number of likely N-dealkylation sites (N-methyl/N-ethyl adjacent to an activating group) is 1. The second kappa shape index (κ2) is 9.29. The highest BCUT2D eigenvalue weighted by molar-refractivity contribution is 5.94. The van der Waals surface area contributed by atoms with Crippen LogP contribution in [0.1, 0.15) is 27.8 Å². The lowest BCUT2D eigenvalue weighted by atomic mass is 10.1. The van der Waals surface area contributed by atoms with Crippen LogP contribution in [0.2, 0.25) is 0 Å². The van der Waals surface area contributed by atoms with E-state index >= 15 is 0 Å². The third-order valence-corrected chi connectivity index (χ3v) is 5.89. The average Bonchev–Trinajstić information content (AvgIpc) is 3.28. The number of rotatable bonds is 6. The van der Waals surface area contributed by atoms with Gasteiger partial charge in [0.25, 0.3) is 5.91 Å². The standard InChI is InChI=1S/C23H25N9O/c1-30-12-13-31(23-26-9-3-10-27-23)16-19(30)21-29-28-20-6-5-18(15-32(20)21)22(33)25-11-7-17-4-2-8-24-14-17/h2-6,8-10,14-15,19H,7,11-13,16H2,1H3,(H,25,33). The van der Waals surface area contributed by atoms with Crippen LogP contribution in [0.4, 0.5) is 5.95 Å². The van der Waals surface area contributed by atoms with E-state index in [1.165, 1.54) is 0 Å². The van der Waals surface area contributed by atoms with Crippen LogP contribution in [-0.4, -0.2) is 73.6 Å². The van der Waals surface area contributed by atoms with Crippen molar-refractivity contribution in [2.75, 3.05) is 38.1 Å². The maximum absolute atomic E-state index is 12.8. The Morgan fingerprint density at radius 3 is 2.79 bits per heavy atom. The van der Waals surface area contributed by atoms with Crippen LogP contribution in [-0.2, 0) is 6.42 Å². The molecule has 4 aromatic rings. The molecule has 0 radical (unpaired) electrons. The number of anilines is 1. The molecule has 1 amide bonds. The highest BCUT2D eigenvalue weighted by Crippen LogP contribution is 2.25. The van der Waals surface area contributed by atoms with Gasteiger partial charge in [-0.05, 0) is 43.3 Å². The number of hydrogen-bond acceptors (Lipinski definition) is 8. The maximum Gasteiger partial charge on any atom is 0.252 e. The summed E-state index contributed by atoms with van der Waals surface area (Å²) in [4.78, 5) is 30.1. The van der Waals surface area contributed by atoms with Crippen molar-refractivity contribution in [2.24, 2.45) is 0 Å². The van der Waals surface area contributed by atoms with Crippen molar-refractivity contribution in [3.05, 3.63) is 78.3 Å². The summed E-state index contributed by atoms with van der Waals surface area (Å²) in [6.07, 6.45) is 9.60. The monoisotopic (exact) mass is 443 g/mol. The molecule has 1 unspecified atom stereocenters. The van der Waals surface area contributed by atoms with Crippen molar-refractivity contribution in [1.29, 1.82) is 0 Å². The molecule has 0 spiro atoms. The van der Waals surface area contributed by atoms with E-state index < -0.39 is 0 Å². The summed E-state index contributed by atoms with van der Waals surface area (Å²) in [5, 5.41) is 11.8. The van der Waals surface area contributed by atoms with E-state index in [0.29, 0.717) is 30.2 Å². The fourth-order valence-electron chi connectivity index (χ4n) is 4.03. The summed E-state index contributed by atoms with van der Waals surface area (Å²) < 4.78 is 1.91. The van der Waals surface area contributed by atoms with Crippen LogP contribution >= 0.6 is 0 Å². The Hall–Kier alpha value is -3.92. The number of hydrogen-bond donors (Lipinski definition) is 1. The van der Waals surface area contributed by atoms with E-state index in [1.807, 2.05) is 41.1 Å². The van der Waals surface area contributed by atoms with Crippen LogP contribution in [0.3, 0.4) is 0 Å². The lowest BCUT2D eigenvalue weighted by Crippen LogP contribution is -2.47. The predicted octanol–water partition coefficient (Wildman–Crippen LogP) is 1.38. The summed E-state index contributed by atoms with van der Waals surface area (Å²) in [5.41, 5.74) is 2.36. The van der Waals surface area contributed by atoms with E-state index in [2.05, 4.69) is 47.3 Å². The highest BCUT2D eigenvalue weighted by Gasteiger charge is 2.30. The summed E-state index contributed by atoms with van der Waals surface area (Å²) in [6.45, 7) is 2.89. The van der Waals surface area contributed by atoms with Gasteiger partial charge in [0.15, 0.2) is 11.5 Å². The molecule has 33 heavy (non-hydrogen) atoms. The Morgan fingerprint density at radius 1 is 1.09 bits per heavy atom. The number of nitrogens with one attached hydrogen (secondary N) is 1. The lowest BCUT2D eigenvalue weighted by Gasteiger charge is -2.38. The van der Waals surface area contributed by atoms with Gasteiger partial charge in [-0.2, -0.15) is 0 Å². The molecule has 1 atom stereocenters. The Balaban J connectivity index is 1.33. The molecule has 0 aliphatic carbocycles. The molecule has 168 valence electrons. The van der Waals surface area contributed by atoms with E-state index in [0.717, 1.165) is 30.9 Å². The van der Waals surface area contributed by atoms with E-state index in [4.69, 9.17) is 0 Å². The van der Waals surface area contributed by atoms with Gasteiger partial charge in [-0.25, -0.2) is 9.97 Å². The minimum Gasteiger partial charge on any atom is -0.352 e. The molecule has 0 saturated carbocycles. The molecule has 4 aromatic heterocycles. The Labute approximate surface area is 191 Å². The first-order chi connectivity index (χ1) is 16.2. The highest BCUT2D eigenvalue weighted by atomic mass is 16.1. The van der Waals surface area contributed by atoms with Gasteiger partial charge in [0, 0.05) is 57.2 Å². The van der Waals surface area contributed by atoms with Crippen LogP contribution < -0.4 is 10.2 Å². The lowest BCUT2D eigenvalue weighted by molar-refractivity contribution is 0.0953. The summed E-state index contributed by atoms with van der Waals surface area (Å²) in [7, 11) is 2.07. The van der Waals surface area contributed by atoms with Crippen molar-refractivity contribution in [3.63, 3.8) is 0 Å². The quantitative estimate of drug-likeness (QED) is 0.477. The zero-order chi connectivity index (χ0) is 22.6. The summed E-state index contributed by atoms with van der Waals surface area (Å²) >= 11 is 0. The molecule has 10 nitrogen and oxygen atoms in total. The van der Waals surface area contributed by atoms with Crippen LogP contribution in [0.5, 0.6) is 0 Å². The van der Waals surface area contributed by atoms with Gasteiger partial charge in [-0.3, -0.25) is 19.1 Å². The van der Waals surface area contributed by atoms with Gasteiger partial charge >= 0.3 is 0 Å².